The van der Waals surface area contributed by atoms with Crippen LogP contribution in [0.3, 0.4) is 0 Å². The minimum atomic E-state index is -0.173. The van der Waals surface area contributed by atoms with Crippen LogP contribution in [0.4, 0.5) is 5.69 Å². The molecule has 0 saturated carbocycles. The average molecular weight is 512 g/mol. The molecule has 4 heterocycles. The van der Waals surface area contributed by atoms with Crippen LogP contribution in [0, 0.1) is 11.8 Å². The fraction of sp³-hybridized carbons (Fsp3) is 0.433. The highest BCUT2D eigenvalue weighted by Crippen LogP contribution is 2.31. The number of H-pyrrole nitrogens is 1. The highest BCUT2D eigenvalue weighted by atomic mass is 16.1. The number of pyridine rings is 1. The second kappa shape index (κ2) is 11.1. The predicted molar refractivity (Wildman–Crippen MR) is 153 cm³/mol. The number of benzene rings is 1. The fourth-order valence-electron chi connectivity index (χ4n) is 5.81. The Hall–Kier alpha value is -3.49. The molecule has 3 aliphatic heterocycles. The number of fused-ring (bicyclic) bond motifs is 1. The standard InChI is InChI=1S/C30H37N7O/c1-20-15-24(37-13-11-31-12-14-37)18-26-28(20)36-29(35-26)27-25(8-10-33-30(27)38)34-19-22(17-23-7-9-32-23)16-21-5-3-2-4-6-21/h2-6,8,10,15,18-20,22-23,28,31-32H,7,9,11-14,16-17H2,1H3,(H,33,38)(H,35,36). The van der Waals surface area contributed by atoms with Crippen molar-refractivity contribution in [3.05, 3.63) is 87.6 Å². The summed E-state index contributed by atoms with van der Waals surface area (Å²) in [6.07, 6.45) is 11.4. The van der Waals surface area contributed by atoms with Crippen molar-refractivity contribution in [2.24, 2.45) is 21.8 Å². The molecule has 4 N–H and O–H groups in total. The van der Waals surface area contributed by atoms with Gasteiger partial charge in [0, 0.05) is 61.9 Å². The van der Waals surface area contributed by atoms with Crippen molar-refractivity contribution < 1.29 is 0 Å². The van der Waals surface area contributed by atoms with E-state index < -0.39 is 0 Å². The lowest BCUT2D eigenvalue weighted by atomic mass is 9.90. The molecule has 1 aliphatic carbocycles. The zero-order valence-corrected chi connectivity index (χ0v) is 22.0. The van der Waals surface area contributed by atoms with Gasteiger partial charge in [-0.25, -0.2) is 0 Å². The average Bonchev–Trinajstić information content (AvgIpc) is 3.34. The molecule has 6 rings (SSSR count). The summed E-state index contributed by atoms with van der Waals surface area (Å²) in [5.74, 6) is 1.12. The molecule has 2 saturated heterocycles. The number of aromatic nitrogens is 1. The largest absolute Gasteiger partial charge is 0.369 e. The van der Waals surface area contributed by atoms with Crippen molar-refractivity contribution in [2.45, 2.75) is 38.3 Å². The van der Waals surface area contributed by atoms with Crippen molar-refractivity contribution >= 4 is 17.7 Å². The van der Waals surface area contributed by atoms with Gasteiger partial charge in [-0.15, -0.1) is 0 Å². The number of amidine groups is 1. The minimum Gasteiger partial charge on any atom is -0.369 e. The number of hydrogen-bond acceptors (Lipinski definition) is 7. The van der Waals surface area contributed by atoms with Crippen LogP contribution >= 0.6 is 0 Å². The first kappa shape index (κ1) is 24.8. The Kier molecular flexibility index (Phi) is 7.25. The van der Waals surface area contributed by atoms with E-state index in [1.54, 1.807) is 6.20 Å². The first-order valence-corrected chi connectivity index (χ1v) is 13.9. The molecule has 0 amide bonds. The lowest BCUT2D eigenvalue weighted by Crippen LogP contribution is -2.44. The summed E-state index contributed by atoms with van der Waals surface area (Å²) in [5, 5.41) is 10.4. The quantitative estimate of drug-likeness (QED) is 0.409. The van der Waals surface area contributed by atoms with Gasteiger partial charge in [0.1, 0.15) is 11.4 Å². The summed E-state index contributed by atoms with van der Waals surface area (Å²) < 4.78 is 0. The number of hydrogen-bond donors (Lipinski definition) is 4. The van der Waals surface area contributed by atoms with Gasteiger partial charge in [0.05, 0.1) is 11.7 Å². The van der Waals surface area contributed by atoms with Gasteiger partial charge in [-0.05, 0) is 49.4 Å². The number of nitrogens with zero attached hydrogens (tertiary/aromatic N) is 3. The van der Waals surface area contributed by atoms with Crippen LogP contribution in [-0.2, 0) is 6.42 Å². The lowest BCUT2D eigenvalue weighted by Gasteiger charge is -2.33. The van der Waals surface area contributed by atoms with Gasteiger partial charge in [-0.1, -0.05) is 43.3 Å². The van der Waals surface area contributed by atoms with Crippen molar-refractivity contribution in [2.75, 3.05) is 32.7 Å². The third-order valence-corrected chi connectivity index (χ3v) is 8.02. The van der Waals surface area contributed by atoms with Gasteiger partial charge < -0.3 is 25.8 Å². The summed E-state index contributed by atoms with van der Waals surface area (Å²) in [5.41, 5.74) is 4.59. The van der Waals surface area contributed by atoms with Crippen molar-refractivity contribution in [3.8, 4) is 0 Å². The Morgan fingerprint density at radius 1 is 1.16 bits per heavy atom. The maximum atomic E-state index is 13.1. The van der Waals surface area contributed by atoms with Gasteiger partial charge in [0.15, 0.2) is 0 Å². The minimum absolute atomic E-state index is 0.0105. The maximum absolute atomic E-state index is 13.1. The van der Waals surface area contributed by atoms with Crippen LogP contribution < -0.4 is 21.5 Å². The smallest absolute Gasteiger partial charge is 0.261 e. The van der Waals surface area contributed by atoms with Crippen LogP contribution in [0.15, 0.2) is 80.9 Å². The lowest BCUT2D eigenvalue weighted by molar-refractivity contribution is 0.302. The SMILES string of the molecule is CC1C=C(N2CCNCC2)C=C2NC(c3c(N=CC(Cc4ccccc4)CC4CCN4)cc[nH]c3=O)=NC21. The van der Waals surface area contributed by atoms with Gasteiger partial charge in [-0.3, -0.25) is 14.8 Å². The molecule has 38 heavy (non-hydrogen) atoms. The second-order valence-corrected chi connectivity index (χ2v) is 10.8. The molecule has 4 unspecified atom stereocenters. The molecule has 8 nitrogen and oxygen atoms in total. The summed E-state index contributed by atoms with van der Waals surface area (Å²) >= 11 is 0. The van der Waals surface area contributed by atoms with E-state index in [9.17, 15) is 4.79 Å². The summed E-state index contributed by atoms with van der Waals surface area (Å²) in [6.45, 7) is 7.28. The zero-order chi connectivity index (χ0) is 25.9. The number of aromatic amines is 1. The zero-order valence-electron chi connectivity index (χ0n) is 22.0. The number of piperazine rings is 1. The van der Waals surface area contributed by atoms with E-state index >= 15 is 0 Å². The molecule has 4 atom stereocenters. The van der Waals surface area contributed by atoms with E-state index in [-0.39, 0.29) is 23.4 Å². The van der Waals surface area contributed by atoms with E-state index in [0.29, 0.717) is 23.1 Å². The maximum Gasteiger partial charge on any atom is 0.261 e. The monoisotopic (exact) mass is 511 g/mol. The number of allylic oxidation sites excluding steroid dienone is 1. The highest BCUT2D eigenvalue weighted by Gasteiger charge is 2.33. The molecule has 2 aromatic rings. The fourth-order valence-corrected chi connectivity index (χ4v) is 5.81. The summed E-state index contributed by atoms with van der Waals surface area (Å²) in [7, 11) is 0. The topological polar surface area (TPSA) is 96.9 Å². The van der Waals surface area contributed by atoms with Gasteiger partial charge in [0.25, 0.3) is 5.56 Å². The van der Waals surface area contributed by atoms with Crippen molar-refractivity contribution in [1.82, 2.24) is 25.8 Å². The molecule has 0 spiro atoms. The Labute approximate surface area is 224 Å². The van der Waals surface area contributed by atoms with E-state index in [4.69, 9.17) is 9.98 Å². The number of rotatable bonds is 8. The molecule has 1 aromatic heterocycles. The molecule has 8 heteroatoms. The first-order chi connectivity index (χ1) is 18.6. The highest BCUT2D eigenvalue weighted by molar-refractivity contribution is 6.05. The van der Waals surface area contributed by atoms with Crippen LogP contribution in [-0.4, -0.2) is 66.7 Å². The van der Waals surface area contributed by atoms with Crippen molar-refractivity contribution in [3.63, 3.8) is 0 Å². The third-order valence-electron chi connectivity index (χ3n) is 8.02. The Morgan fingerprint density at radius 2 is 1.97 bits per heavy atom. The van der Waals surface area contributed by atoms with E-state index in [2.05, 4.69) is 69.2 Å². The van der Waals surface area contributed by atoms with Gasteiger partial charge in [0.2, 0.25) is 0 Å². The van der Waals surface area contributed by atoms with Gasteiger partial charge >= 0.3 is 0 Å². The molecule has 1 aromatic carbocycles. The van der Waals surface area contributed by atoms with E-state index in [0.717, 1.165) is 51.3 Å². The van der Waals surface area contributed by atoms with Crippen molar-refractivity contribution in [1.29, 1.82) is 0 Å². The van der Waals surface area contributed by atoms with Crippen LogP contribution in [0.5, 0.6) is 0 Å². The Morgan fingerprint density at radius 3 is 2.74 bits per heavy atom. The molecule has 4 aliphatic rings. The summed E-state index contributed by atoms with van der Waals surface area (Å²) in [6, 6.07) is 13.0. The van der Waals surface area contributed by atoms with Crippen LogP contribution in [0.25, 0.3) is 0 Å². The van der Waals surface area contributed by atoms with E-state index in [1.165, 1.54) is 17.7 Å². The van der Waals surface area contributed by atoms with Crippen LogP contribution in [0.2, 0.25) is 0 Å². The number of aliphatic imine (C=N–C) groups is 2. The Bertz CT molecular complexity index is 1320. The normalized spacial score (nSPS) is 25.7. The second-order valence-electron chi connectivity index (χ2n) is 10.8. The molecular formula is C30H37N7O. The van der Waals surface area contributed by atoms with Crippen LogP contribution in [0.1, 0.15) is 30.9 Å². The van der Waals surface area contributed by atoms with E-state index in [1.807, 2.05) is 18.3 Å². The first-order valence-electron chi connectivity index (χ1n) is 13.9. The predicted octanol–water partition coefficient (Wildman–Crippen LogP) is 2.73. The Balaban J connectivity index is 1.24. The molecule has 198 valence electrons. The van der Waals surface area contributed by atoms with Gasteiger partial charge in [-0.2, -0.15) is 0 Å². The molecule has 0 bridgehead atoms. The summed E-state index contributed by atoms with van der Waals surface area (Å²) in [4.78, 5) is 28.2. The number of nitrogens with one attached hydrogen (secondary N) is 4. The molecule has 2 fully saturated rings. The molecular weight excluding hydrogens is 474 g/mol. The molecule has 0 radical (unpaired) electrons. The third kappa shape index (κ3) is 5.37.